The third-order valence-electron chi connectivity index (χ3n) is 4.95. The van der Waals surface area contributed by atoms with Crippen LogP contribution in [0.1, 0.15) is 33.3 Å². The third-order valence-corrected chi connectivity index (χ3v) is 5.69. The summed E-state index contributed by atoms with van der Waals surface area (Å²) in [4.78, 5) is 0. The second kappa shape index (κ2) is 4.40. The minimum Gasteiger partial charge on any atom is -0.392 e. The predicted molar refractivity (Wildman–Crippen MR) is 77.2 cm³/mol. The van der Waals surface area contributed by atoms with Crippen molar-refractivity contribution in [2.75, 3.05) is 0 Å². The lowest BCUT2D eigenvalue weighted by molar-refractivity contribution is 0.129. The van der Waals surface area contributed by atoms with Gasteiger partial charge in [-0.1, -0.05) is 57.0 Å². The highest BCUT2D eigenvalue weighted by Crippen LogP contribution is 2.69. The van der Waals surface area contributed by atoms with E-state index in [-0.39, 0.29) is 16.9 Å². The van der Waals surface area contributed by atoms with Gasteiger partial charge in [0.15, 0.2) is 0 Å². The Morgan fingerprint density at radius 1 is 1.11 bits per heavy atom. The molecule has 1 N–H and O–H groups in total. The van der Waals surface area contributed by atoms with Crippen molar-refractivity contribution in [1.29, 1.82) is 0 Å². The topological polar surface area (TPSA) is 20.2 Å². The molecule has 0 radical (unpaired) electrons. The van der Waals surface area contributed by atoms with Gasteiger partial charge in [0.1, 0.15) is 0 Å². The van der Waals surface area contributed by atoms with E-state index >= 15 is 0 Å². The van der Waals surface area contributed by atoms with E-state index in [1.165, 1.54) is 0 Å². The van der Waals surface area contributed by atoms with Crippen LogP contribution in [0.2, 0.25) is 10.0 Å². The maximum atomic E-state index is 10.4. The van der Waals surface area contributed by atoms with E-state index in [1.807, 2.05) is 12.1 Å². The summed E-state index contributed by atoms with van der Waals surface area (Å²) in [5, 5.41) is 11.5. The number of rotatable bonds is 3. The highest BCUT2D eigenvalue weighted by molar-refractivity contribution is 6.42. The zero-order chi connectivity index (χ0) is 13.7. The second-order valence-electron chi connectivity index (χ2n) is 6.44. The molecule has 1 atom stereocenters. The molecule has 1 unspecified atom stereocenters. The van der Waals surface area contributed by atoms with Gasteiger partial charge in [-0.25, -0.2) is 0 Å². The first kappa shape index (κ1) is 14.2. The van der Waals surface area contributed by atoms with Gasteiger partial charge in [0, 0.05) is 0 Å². The molecular weight excluding hydrogens is 267 g/mol. The van der Waals surface area contributed by atoms with Crippen molar-refractivity contribution in [3.63, 3.8) is 0 Å². The SMILES string of the molecule is CC1(C)C(C(O)Cc2ccc(Cl)c(Cl)c2)C1(C)C. The Hall–Kier alpha value is -0.240. The molecule has 3 heteroatoms. The second-order valence-corrected chi connectivity index (χ2v) is 7.26. The summed E-state index contributed by atoms with van der Waals surface area (Å²) >= 11 is 11.9. The maximum Gasteiger partial charge on any atom is 0.0619 e. The average Bonchev–Trinajstić information content (AvgIpc) is 2.63. The summed E-state index contributed by atoms with van der Waals surface area (Å²) in [5.41, 5.74) is 1.43. The average molecular weight is 287 g/mol. The van der Waals surface area contributed by atoms with Crippen LogP contribution in [0.4, 0.5) is 0 Å². The van der Waals surface area contributed by atoms with Crippen LogP contribution in [-0.4, -0.2) is 11.2 Å². The zero-order valence-electron chi connectivity index (χ0n) is 11.3. The van der Waals surface area contributed by atoms with Gasteiger partial charge in [-0.15, -0.1) is 0 Å². The maximum absolute atomic E-state index is 10.4. The number of aliphatic hydroxyl groups excluding tert-OH is 1. The molecule has 1 aliphatic rings. The minimum atomic E-state index is -0.327. The molecule has 0 heterocycles. The first-order valence-electron chi connectivity index (χ1n) is 6.30. The standard InChI is InChI=1S/C15H20Cl2O/c1-14(2)13(15(14,3)4)12(18)8-9-5-6-10(16)11(17)7-9/h5-7,12-13,18H,8H2,1-4H3. The molecule has 1 aliphatic carbocycles. The van der Waals surface area contributed by atoms with E-state index in [0.717, 1.165) is 5.56 Å². The Balaban J connectivity index is 2.09. The first-order valence-corrected chi connectivity index (χ1v) is 7.05. The summed E-state index contributed by atoms with van der Waals surface area (Å²) in [6, 6.07) is 5.56. The van der Waals surface area contributed by atoms with E-state index in [4.69, 9.17) is 23.2 Å². The lowest BCUT2D eigenvalue weighted by atomic mass is 10.00. The van der Waals surface area contributed by atoms with Crippen molar-refractivity contribution in [1.82, 2.24) is 0 Å². The Kier molecular flexibility index (Phi) is 3.46. The fourth-order valence-electron chi connectivity index (χ4n) is 3.24. The van der Waals surface area contributed by atoms with Gasteiger partial charge in [0.2, 0.25) is 0 Å². The molecule has 1 saturated carbocycles. The highest BCUT2D eigenvalue weighted by Gasteiger charge is 2.66. The number of aliphatic hydroxyl groups is 1. The van der Waals surface area contributed by atoms with Crippen LogP contribution in [0.5, 0.6) is 0 Å². The zero-order valence-corrected chi connectivity index (χ0v) is 12.8. The van der Waals surface area contributed by atoms with Crippen molar-refractivity contribution < 1.29 is 5.11 Å². The van der Waals surface area contributed by atoms with Gasteiger partial charge in [-0.3, -0.25) is 0 Å². The van der Waals surface area contributed by atoms with Crippen LogP contribution < -0.4 is 0 Å². The lowest BCUT2D eigenvalue weighted by Crippen LogP contribution is -2.17. The lowest BCUT2D eigenvalue weighted by Gasteiger charge is -2.13. The molecule has 1 aromatic carbocycles. The van der Waals surface area contributed by atoms with E-state index in [0.29, 0.717) is 22.4 Å². The highest BCUT2D eigenvalue weighted by atomic mass is 35.5. The summed E-state index contributed by atoms with van der Waals surface area (Å²) in [7, 11) is 0. The summed E-state index contributed by atoms with van der Waals surface area (Å²) in [5.74, 6) is 0.333. The molecule has 2 rings (SSSR count). The van der Waals surface area contributed by atoms with E-state index < -0.39 is 0 Å². The molecule has 18 heavy (non-hydrogen) atoms. The quantitative estimate of drug-likeness (QED) is 0.862. The van der Waals surface area contributed by atoms with Crippen molar-refractivity contribution >= 4 is 23.2 Å². The smallest absolute Gasteiger partial charge is 0.0619 e. The predicted octanol–water partition coefficient (Wildman–Crippen LogP) is 4.58. The first-order chi connectivity index (χ1) is 8.18. The van der Waals surface area contributed by atoms with Gasteiger partial charge in [-0.05, 0) is 40.9 Å². The van der Waals surface area contributed by atoms with Crippen molar-refractivity contribution in [2.24, 2.45) is 16.7 Å². The van der Waals surface area contributed by atoms with E-state index in [9.17, 15) is 5.11 Å². The van der Waals surface area contributed by atoms with Crippen molar-refractivity contribution in [3.8, 4) is 0 Å². The molecular formula is C15H20Cl2O. The third kappa shape index (κ3) is 2.17. The van der Waals surface area contributed by atoms with Crippen LogP contribution >= 0.6 is 23.2 Å². The van der Waals surface area contributed by atoms with Gasteiger partial charge in [-0.2, -0.15) is 0 Å². The molecule has 0 spiro atoms. The molecule has 1 fully saturated rings. The Bertz CT molecular complexity index is 452. The molecule has 0 aromatic heterocycles. The summed E-state index contributed by atoms with van der Waals surface area (Å²) in [6.07, 6.45) is 0.307. The van der Waals surface area contributed by atoms with Gasteiger partial charge >= 0.3 is 0 Å². The number of halogens is 2. The van der Waals surface area contributed by atoms with Crippen LogP contribution in [0.15, 0.2) is 18.2 Å². The summed E-state index contributed by atoms with van der Waals surface area (Å²) < 4.78 is 0. The Labute approximate surface area is 119 Å². The molecule has 100 valence electrons. The van der Waals surface area contributed by atoms with Crippen molar-refractivity contribution in [2.45, 2.75) is 40.2 Å². The van der Waals surface area contributed by atoms with Crippen LogP contribution in [0.25, 0.3) is 0 Å². The Morgan fingerprint density at radius 2 is 1.67 bits per heavy atom. The molecule has 0 saturated heterocycles. The number of hydrogen-bond donors (Lipinski definition) is 1. The molecule has 1 aromatic rings. The van der Waals surface area contributed by atoms with Crippen LogP contribution in [0.3, 0.4) is 0 Å². The van der Waals surface area contributed by atoms with Gasteiger partial charge < -0.3 is 5.11 Å². The van der Waals surface area contributed by atoms with Crippen LogP contribution in [-0.2, 0) is 6.42 Å². The fourth-order valence-corrected chi connectivity index (χ4v) is 3.56. The molecule has 0 bridgehead atoms. The molecule has 0 amide bonds. The van der Waals surface area contributed by atoms with Crippen molar-refractivity contribution in [3.05, 3.63) is 33.8 Å². The van der Waals surface area contributed by atoms with E-state index in [1.54, 1.807) is 6.07 Å². The largest absolute Gasteiger partial charge is 0.392 e. The monoisotopic (exact) mass is 286 g/mol. The molecule has 1 nitrogen and oxygen atoms in total. The van der Waals surface area contributed by atoms with E-state index in [2.05, 4.69) is 27.7 Å². The normalized spacial score (nSPS) is 22.8. The molecule has 0 aliphatic heterocycles. The number of hydrogen-bond acceptors (Lipinski definition) is 1. The Morgan fingerprint density at radius 3 is 2.11 bits per heavy atom. The van der Waals surface area contributed by atoms with Gasteiger partial charge in [0.25, 0.3) is 0 Å². The minimum absolute atomic E-state index is 0.197. The number of benzene rings is 1. The fraction of sp³-hybridized carbons (Fsp3) is 0.600. The van der Waals surface area contributed by atoms with Gasteiger partial charge in [0.05, 0.1) is 16.1 Å². The summed E-state index contributed by atoms with van der Waals surface area (Å²) in [6.45, 7) is 8.87. The van der Waals surface area contributed by atoms with Crippen LogP contribution in [0, 0.1) is 16.7 Å².